The van der Waals surface area contributed by atoms with Crippen LogP contribution in [0.2, 0.25) is 0 Å². The summed E-state index contributed by atoms with van der Waals surface area (Å²) in [5.74, 6) is -0.0369. The Morgan fingerprint density at radius 1 is 1.11 bits per heavy atom. The van der Waals surface area contributed by atoms with Crippen molar-refractivity contribution in [2.45, 2.75) is 13.1 Å². The molecule has 27 heavy (non-hydrogen) atoms. The highest BCUT2D eigenvalue weighted by molar-refractivity contribution is 9.10. The van der Waals surface area contributed by atoms with Gasteiger partial charge in [-0.2, -0.15) is 5.10 Å². The minimum atomic E-state index is -0.0369. The summed E-state index contributed by atoms with van der Waals surface area (Å²) in [6.45, 7) is 2.00. The maximum Gasteiger partial charge on any atom is 0.274 e. The molecule has 0 aromatic carbocycles. The van der Waals surface area contributed by atoms with Gasteiger partial charge in [-0.25, -0.2) is 4.52 Å². The van der Waals surface area contributed by atoms with E-state index in [1.807, 2.05) is 41.6 Å². The van der Waals surface area contributed by atoms with Crippen molar-refractivity contribution in [1.29, 1.82) is 0 Å². The van der Waals surface area contributed by atoms with Crippen LogP contribution in [0.4, 0.5) is 0 Å². The molecule has 1 aliphatic rings. The van der Waals surface area contributed by atoms with Crippen molar-refractivity contribution in [1.82, 2.24) is 24.1 Å². The predicted molar refractivity (Wildman–Crippen MR) is 105 cm³/mol. The summed E-state index contributed by atoms with van der Waals surface area (Å²) < 4.78 is 4.92. The molecular weight excluding hydrogens is 406 g/mol. The number of amides is 1. The normalized spacial score (nSPS) is 13.7. The van der Waals surface area contributed by atoms with Crippen molar-refractivity contribution in [3.8, 4) is 11.3 Å². The van der Waals surface area contributed by atoms with E-state index in [9.17, 15) is 4.79 Å². The lowest BCUT2D eigenvalue weighted by Gasteiger charge is -2.29. The number of hydrogen-bond acceptors (Lipinski definition) is 3. The smallest absolute Gasteiger partial charge is 0.274 e. The van der Waals surface area contributed by atoms with Gasteiger partial charge >= 0.3 is 0 Å². The van der Waals surface area contributed by atoms with Crippen LogP contribution < -0.4 is 0 Å². The van der Waals surface area contributed by atoms with Crippen molar-refractivity contribution in [2.24, 2.45) is 0 Å². The van der Waals surface area contributed by atoms with E-state index in [2.05, 4.69) is 48.8 Å². The Balaban J connectivity index is 1.42. The summed E-state index contributed by atoms with van der Waals surface area (Å²) in [5.41, 5.74) is 4.73. The molecule has 0 spiro atoms. The average Bonchev–Trinajstić information content (AvgIpc) is 3.31. The Morgan fingerprint density at radius 3 is 2.89 bits per heavy atom. The predicted octanol–water partition coefficient (Wildman–Crippen LogP) is 3.62. The second-order valence-electron chi connectivity index (χ2n) is 6.58. The number of hydrogen-bond donors (Lipinski definition) is 0. The number of aromatic nitrogens is 4. The summed E-state index contributed by atoms with van der Waals surface area (Å²) in [7, 11) is 0. The lowest BCUT2D eigenvalue weighted by Crippen LogP contribution is -2.38. The molecule has 5 rings (SSSR count). The molecule has 4 aromatic heterocycles. The van der Waals surface area contributed by atoms with Gasteiger partial charge in [0, 0.05) is 53.1 Å². The van der Waals surface area contributed by atoms with E-state index in [1.165, 1.54) is 0 Å². The molecule has 1 amide bonds. The van der Waals surface area contributed by atoms with Crippen LogP contribution in [0.5, 0.6) is 0 Å². The minimum absolute atomic E-state index is 0.0369. The first-order valence-corrected chi connectivity index (χ1v) is 9.51. The Bertz CT molecular complexity index is 1150. The first-order valence-electron chi connectivity index (χ1n) is 8.72. The second kappa shape index (κ2) is 6.35. The van der Waals surface area contributed by atoms with Crippen LogP contribution in [0.25, 0.3) is 16.8 Å². The number of rotatable bonds is 2. The molecular formula is C20H16BrN5O. The molecule has 6 nitrogen and oxygen atoms in total. The third-order valence-electron chi connectivity index (χ3n) is 4.90. The summed E-state index contributed by atoms with van der Waals surface area (Å²) >= 11 is 3.43. The van der Waals surface area contributed by atoms with Gasteiger partial charge in [0.05, 0.1) is 12.1 Å². The third kappa shape index (κ3) is 2.84. The molecule has 0 radical (unpaired) electrons. The molecule has 0 N–H and O–H groups in total. The highest BCUT2D eigenvalue weighted by atomic mass is 79.9. The Hall–Kier alpha value is -2.93. The van der Waals surface area contributed by atoms with Gasteiger partial charge in [0.1, 0.15) is 0 Å². The van der Waals surface area contributed by atoms with Gasteiger partial charge < -0.3 is 9.47 Å². The lowest BCUT2D eigenvalue weighted by molar-refractivity contribution is 0.0705. The second-order valence-corrected chi connectivity index (χ2v) is 7.49. The van der Waals surface area contributed by atoms with Crippen molar-refractivity contribution in [3.63, 3.8) is 0 Å². The first kappa shape index (κ1) is 16.3. The highest BCUT2D eigenvalue weighted by Gasteiger charge is 2.25. The van der Waals surface area contributed by atoms with E-state index >= 15 is 0 Å². The summed E-state index contributed by atoms with van der Waals surface area (Å²) in [4.78, 5) is 19.0. The molecule has 7 heteroatoms. The van der Waals surface area contributed by atoms with E-state index in [4.69, 9.17) is 0 Å². The van der Waals surface area contributed by atoms with Crippen LogP contribution in [0.3, 0.4) is 0 Å². The molecule has 0 saturated heterocycles. The zero-order valence-electron chi connectivity index (χ0n) is 14.4. The fourth-order valence-corrected chi connectivity index (χ4v) is 3.90. The number of nitrogens with zero attached hydrogens (tertiary/aromatic N) is 5. The number of carbonyl (C=O) groups is 1. The Kier molecular flexibility index (Phi) is 3.82. The van der Waals surface area contributed by atoms with E-state index in [0.717, 1.165) is 33.5 Å². The molecule has 1 aliphatic heterocycles. The van der Waals surface area contributed by atoms with E-state index < -0.39 is 0 Å². The zero-order chi connectivity index (χ0) is 18.4. The number of pyridine rings is 2. The summed E-state index contributed by atoms with van der Waals surface area (Å²) in [6, 6.07) is 13.9. The number of fused-ring (bicyclic) bond motifs is 2. The van der Waals surface area contributed by atoms with E-state index in [0.29, 0.717) is 18.8 Å². The van der Waals surface area contributed by atoms with Crippen LogP contribution in [-0.2, 0) is 13.1 Å². The third-order valence-corrected chi connectivity index (χ3v) is 5.37. The quantitative estimate of drug-likeness (QED) is 0.496. The van der Waals surface area contributed by atoms with E-state index in [-0.39, 0.29) is 5.91 Å². The Morgan fingerprint density at radius 2 is 2.04 bits per heavy atom. The summed E-state index contributed by atoms with van der Waals surface area (Å²) in [5, 5.41) is 4.44. The minimum Gasteiger partial charge on any atom is -0.341 e. The van der Waals surface area contributed by atoms with Crippen LogP contribution in [0.15, 0.2) is 65.5 Å². The molecule has 0 bridgehead atoms. The topological polar surface area (TPSA) is 55.4 Å². The lowest BCUT2D eigenvalue weighted by atomic mass is 10.2. The van der Waals surface area contributed by atoms with Crippen molar-refractivity contribution in [3.05, 3.63) is 76.9 Å². The largest absolute Gasteiger partial charge is 0.341 e. The van der Waals surface area contributed by atoms with Crippen LogP contribution in [0, 0.1) is 0 Å². The standard InChI is InChI=1S/C20H16BrN5O/c21-15-3-4-16-10-18(23-26(16)12-15)20(27)24-8-9-25-17(13-24)5-6-19(25)14-2-1-7-22-11-14/h1-7,10-12H,8-9,13H2. The molecule has 0 fully saturated rings. The number of halogens is 1. The zero-order valence-corrected chi connectivity index (χ0v) is 16.0. The fraction of sp³-hybridized carbons (Fsp3) is 0.150. The highest BCUT2D eigenvalue weighted by Crippen LogP contribution is 2.26. The van der Waals surface area contributed by atoms with Gasteiger partial charge in [-0.05, 0) is 58.4 Å². The molecule has 0 atom stereocenters. The fourth-order valence-electron chi connectivity index (χ4n) is 3.58. The monoisotopic (exact) mass is 421 g/mol. The molecule has 4 aromatic rings. The van der Waals surface area contributed by atoms with Gasteiger partial charge in [-0.3, -0.25) is 9.78 Å². The maximum atomic E-state index is 13.0. The number of carbonyl (C=O) groups excluding carboxylic acids is 1. The van der Waals surface area contributed by atoms with E-state index in [1.54, 1.807) is 10.7 Å². The molecule has 134 valence electrons. The first-order chi connectivity index (χ1) is 13.2. The van der Waals surface area contributed by atoms with Crippen LogP contribution in [0.1, 0.15) is 16.2 Å². The maximum absolute atomic E-state index is 13.0. The van der Waals surface area contributed by atoms with Gasteiger partial charge in [0.2, 0.25) is 0 Å². The van der Waals surface area contributed by atoms with Crippen LogP contribution in [-0.4, -0.2) is 36.5 Å². The van der Waals surface area contributed by atoms with Crippen molar-refractivity contribution >= 4 is 27.4 Å². The van der Waals surface area contributed by atoms with Crippen LogP contribution >= 0.6 is 15.9 Å². The van der Waals surface area contributed by atoms with Crippen molar-refractivity contribution in [2.75, 3.05) is 6.54 Å². The van der Waals surface area contributed by atoms with Crippen molar-refractivity contribution < 1.29 is 4.79 Å². The molecule has 5 heterocycles. The van der Waals surface area contributed by atoms with Gasteiger partial charge in [-0.15, -0.1) is 0 Å². The average molecular weight is 422 g/mol. The van der Waals surface area contributed by atoms with Gasteiger partial charge in [0.15, 0.2) is 5.69 Å². The molecule has 0 aliphatic carbocycles. The molecule has 0 saturated carbocycles. The Labute approximate surface area is 164 Å². The molecule has 0 unspecified atom stereocenters. The van der Waals surface area contributed by atoms with Gasteiger partial charge in [-0.1, -0.05) is 0 Å². The summed E-state index contributed by atoms with van der Waals surface area (Å²) in [6.07, 6.45) is 5.50. The SMILES string of the molecule is O=C(c1cc2ccc(Br)cn2n1)N1CCn2c(ccc2-c2cccnc2)C1. The van der Waals surface area contributed by atoms with Gasteiger partial charge in [0.25, 0.3) is 5.91 Å².